The number of fused-ring (bicyclic) bond motifs is 1. The summed E-state index contributed by atoms with van der Waals surface area (Å²) in [4.78, 5) is 8.83. The van der Waals surface area contributed by atoms with Gasteiger partial charge in [0.1, 0.15) is 11.5 Å². The predicted molar refractivity (Wildman–Crippen MR) is 162 cm³/mol. The van der Waals surface area contributed by atoms with Crippen LogP contribution in [0.15, 0.2) is 70.6 Å². The molecule has 0 amide bonds. The van der Waals surface area contributed by atoms with Crippen LogP contribution in [0.1, 0.15) is 74.9 Å². The molecule has 4 rings (SSSR count). The molecule has 0 heterocycles. The van der Waals surface area contributed by atoms with Gasteiger partial charge in [0, 0.05) is 40.1 Å². The summed E-state index contributed by atoms with van der Waals surface area (Å²) in [6, 6.07) is 13.6. The Morgan fingerprint density at radius 1 is 0.568 bits per heavy atom. The van der Waals surface area contributed by atoms with E-state index in [4.69, 9.17) is 0 Å². The standard InChI is InChI=1S/C34H32F6N2O2/c1-31(2,3)24-15-22(33(35,36)37)13-20(29(24)43)17-41-26-11-7-9-19-10-8-12-27(28(19)26)42-18-21-14-23(34(38,39)40)16-25(30(21)44)32(4,5)6/h7-18,43-44H,1-6H3. The van der Waals surface area contributed by atoms with Crippen molar-refractivity contribution in [2.24, 2.45) is 9.98 Å². The van der Waals surface area contributed by atoms with Crippen molar-refractivity contribution in [2.75, 3.05) is 0 Å². The molecule has 0 aliphatic rings. The van der Waals surface area contributed by atoms with Gasteiger partial charge < -0.3 is 10.2 Å². The third-order valence-corrected chi connectivity index (χ3v) is 7.10. The first kappa shape index (κ1) is 32.6. The Morgan fingerprint density at radius 3 is 1.25 bits per heavy atom. The van der Waals surface area contributed by atoms with Crippen LogP contribution in [0, 0.1) is 0 Å². The monoisotopic (exact) mass is 614 g/mol. The number of aliphatic imine (C=N–C) groups is 2. The van der Waals surface area contributed by atoms with Crippen molar-refractivity contribution < 1.29 is 36.6 Å². The van der Waals surface area contributed by atoms with Gasteiger partial charge in [-0.1, -0.05) is 65.8 Å². The van der Waals surface area contributed by atoms with Gasteiger partial charge in [-0.3, -0.25) is 9.98 Å². The van der Waals surface area contributed by atoms with Gasteiger partial charge in [0.25, 0.3) is 0 Å². The summed E-state index contributed by atoms with van der Waals surface area (Å²) in [7, 11) is 0. The van der Waals surface area contributed by atoms with Crippen molar-refractivity contribution >= 4 is 34.6 Å². The highest BCUT2D eigenvalue weighted by molar-refractivity contribution is 6.04. The zero-order valence-electron chi connectivity index (χ0n) is 25.0. The zero-order chi connectivity index (χ0) is 32.8. The van der Waals surface area contributed by atoms with Crippen LogP contribution in [0.2, 0.25) is 0 Å². The molecule has 44 heavy (non-hydrogen) atoms. The van der Waals surface area contributed by atoms with Gasteiger partial charge in [0.2, 0.25) is 0 Å². The molecular formula is C34H32F6N2O2. The molecule has 0 unspecified atom stereocenters. The minimum absolute atomic E-state index is 0.104. The fourth-order valence-electron chi connectivity index (χ4n) is 4.78. The van der Waals surface area contributed by atoms with E-state index in [1.807, 2.05) is 0 Å². The van der Waals surface area contributed by atoms with Crippen LogP contribution in [-0.4, -0.2) is 22.6 Å². The molecular weight excluding hydrogens is 582 g/mol. The number of nitrogens with zero attached hydrogens (tertiary/aromatic N) is 2. The number of hydrogen-bond donors (Lipinski definition) is 2. The number of benzene rings is 4. The summed E-state index contributed by atoms with van der Waals surface area (Å²) in [5.74, 6) is -0.662. The number of phenols is 2. The van der Waals surface area contributed by atoms with E-state index in [1.54, 1.807) is 77.9 Å². The molecule has 0 saturated carbocycles. The Balaban J connectivity index is 1.87. The molecule has 0 saturated heterocycles. The maximum atomic E-state index is 13.7. The van der Waals surface area contributed by atoms with E-state index in [0.717, 1.165) is 36.7 Å². The quantitative estimate of drug-likeness (QED) is 0.177. The van der Waals surface area contributed by atoms with E-state index in [-0.39, 0.29) is 33.8 Å². The average Bonchev–Trinajstić information content (AvgIpc) is 2.89. The molecule has 10 heteroatoms. The Kier molecular flexibility index (Phi) is 8.36. The molecule has 232 valence electrons. The highest BCUT2D eigenvalue weighted by Crippen LogP contribution is 2.41. The van der Waals surface area contributed by atoms with E-state index in [0.29, 0.717) is 22.1 Å². The smallest absolute Gasteiger partial charge is 0.416 e. The Hall–Kier alpha value is -4.34. The normalized spacial score (nSPS) is 13.5. The number of aromatic hydroxyl groups is 2. The molecule has 0 aromatic heterocycles. The van der Waals surface area contributed by atoms with Crippen LogP contribution in [0.4, 0.5) is 37.7 Å². The van der Waals surface area contributed by atoms with Gasteiger partial charge in [-0.2, -0.15) is 26.3 Å². The lowest BCUT2D eigenvalue weighted by Gasteiger charge is -2.23. The lowest BCUT2D eigenvalue weighted by molar-refractivity contribution is -0.138. The molecule has 0 fully saturated rings. The number of halogens is 6. The Morgan fingerprint density at radius 2 is 0.932 bits per heavy atom. The van der Waals surface area contributed by atoms with Crippen LogP contribution in [0.3, 0.4) is 0 Å². The molecule has 4 nitrogen and oxygen atoms in total. The molecule has 4 aromatic carbocycles. The lowest BCUT2D eigenvalue weighted by atomic mass is 9.84. The second-order valence-corrected chi connectivity index (χ2v) is 12.6. The summed E-state index contributed by atoms with van der Waals surface area (Å²) >= 11 is 0. The van der Waals surface area contributed by atoms with Crippen molar-refractivity contribution in [3.05, 3.63) is 94.0 Å². The number of rotatable bonds is 4. The van der Waals surface area contributed by atoms with E-state index in [1.165, 1.54) is 0 Å². The first-order valence-electron chi connectivity index (χ1n) is 13.7. The van der Waals surface area contributed by atoms with Gasteiger partial charge in [-0.05, 0) is 52.6 Å². The molecule has 4 aromatic rings. The van der Waals surface area contributed by atoms with Crippen LogP contribution in [-0.2, 0) is 23.2 Å². The molecule has 0 spiro atoms. The van der Waals surface area contributed by atoms with Gasteiger partial charge in [-0.15, -0.1) is 0 Å². The highest BCUT2D eigenvalue weighted by Gasteiger charge is 2.35. The first-order chi connectivity index (χ1) is 20.2. The van der Waals surface area contributed by atoms with E-state index < -0.39 is 34.3 Å². The third kappa shape index (κ3) is 6.90. The largest absolute Gasteiger partial charge is 0.507 e. The third-order valence-electron chi connectivity index (χ3n) is 7.10. The van der Waals surface area contributed by atoms with Gasteiger partial charge in [0.05, 0.1) is 22.5 Å². The lowest BCUT2D eigenvalue weighted by Crippen LogP contribution is -2.15. The number of phenolic OH excluding ortho intramolecular Hbond substituents is 2. The number of hydrogen-bond acceptors (Lipinski definition) is 4. The molecule has 0 aliphatic carbocycles. The van der Waals surface area contributed by atoms with Crippen molar-refractivity contribution in [2.45, 2.75) is 64.7 Å². The zero-order valence-corrected chi connectivity index (χ0v) is 25.0. The van der Waals surface area contributed by atoms with Crippen molar-refractivity contribution in [1.82, 2.24) is 0 Å². The first-order valence-corrected chi connectivity index (χ1v) is 13.7. The van der Waals surface area contributed by atoms with Crippen molar-refractivity contribution in [3.8, 4) is 11.5 Å². The minimum atomic E-state index is -4.65. The second-order valence-electron chi connectivity index (χ2n) is 12.6. The topological polar surface area (TPSA) is 65.2 Å². The maximum absolute atomic E-state index is 13.7. The van der Waals surface area contributed by atoms with Crippen molar-refractivity contribution in [1.29, 1.82) is 0 Å². The molecule has 0 radical (unpaired) electrons. The summed E-state index contributed by atoms with van der Waals surface area (Å²) in [5, 5.41) is 22.9. The van der Waals surface area contributed by atoms with Crippen molar-refractivity contribution in [3.63, 3.8) is 0 Å². The molecule has 0 bridgehead atoms. The van der Waals surface area contributed by atoms with Crippen LogP contribution in [0.5, 0.6) is 11.5 Å². The summed E-state index contributed by atoms with van der Waals surface area (Å²) < 4.78 is 82.2. The van der Waals surface area contributed by atoms with Crippen LogP contribution in [0.25, 0.3) is 10.8 Å². The molecule has 0 atom stereocenters. The minimum Gasteiger partial charge on any atom is -0.507 e. The summed E-state index contributed by atoms with van der Waals surface area (Å²) in [6.45, 7) is 10.1. The summed E-state index contributed by atoms with van der Waals surface area (Å²) in [5.41, 5.74) is -2.91. The fourth-order valence-corrected chi connectivity index (χ4v) is 4.78. The van der Waals surface area contributed by atoms with Gasteiger partial charge in [0.15, 0.2) is 0 Å². The van der Waals surface area contributed by atoms with Crippen LogP contribution >= 0.6 is 0 Å². The highest BCUT2D eigenvalue weighted by atomic mass is 19.4. The van der Waals surface area contributed by atoms with E-state index in [2.05, 4.69) is 9.98 Å². The van der Waals surface area contributed by atoms with Gasteiger partial charge in [-0.25, -0.2) is 0 Å². The average molecular weight is 615 g/mol. The van der Waals surface area contributed by atoms with E-state index >= 15 is 0 Å². The number of alkyl halides is 6. The second kappa shape index (κ2) is 11.3. The fraction of sp³-hybridized carbons (Fsp3) is 0.294. The molecule has 2 N–H and O–H groups in total. The Labute approximate surface area is 251 Å². The van der Waals surface area contributed by atoms with Crippen LogP contribution < -0.4 is 0 Å². The maximum Gasteiger partial charge on any atom is 0.416 e. The summed E-state index contributed by atoms with van der Waals surface area (Å²) in [6.07, 6.45) is -7.02. The Bertz CT molecular complexity index is 1650. The van der Waals surface area contributed by atoms with Gasteiger partial charge >= 0.3 is 12.4 Å². The SMILES string of the molecule is CC(C)(C)c1cc(C(F)(F)F)cc(C=Nc2cccc3cccc(N=Cc4cc(C(F)(F)F)cc(C(C)(C)C)c4O)c23)c1O. The van der Waals surface area contributed by atoms with E-state index in [9.17, 15) is 36.6 Å². The predicted octanol–water partition coefficient (Wildman–Crippen LogP) is 10.4. The molecule has 0 aliphatic heterocycles.